The summed E-state index contributed by atoms with van der Waals surface area (Å²) >= 11 is 0. The van der Waals surface area contributed by atoms with Crippen LogP contribution in [-0.2, 0) is 0 Å². The second-order valence-electron chi connectivity index (χ2n) is 2.77. The molecule has 0 radical (unpaired) electrons. The van der Waals surface area contributed by atoms with Crippen molar-refractivity contribution in [2.75, 3.05) is 0 Å². The van der Waals surface area contributed by atoms with Crippen molar-refractivity contribution < 1.29 is 0 Å². The van der Waals surface area contributed by atoms with E-state index in [9.17, 15) is 0 Å². The van der Waals surface area contributed by atoms with Crippen molar-refractivity contribution in [1.82, 2.24) is 0 Å². The summed E-state index contributed by atoms with van der Waals surface area (Å²) in [6.45, 7) is 14.9. The summed E-state index contributed by atoms with van der Waals surface area (Å²) in [6.07, 6.45) is 8.44. The first-order valence-electron chi connectivity index (χ1n) is 4.87. The van der Waals surface area contributed by atoms with Crippen LogP contribution in [0.25, 0.3) is 0 Å². The molecule has 0 aromatic rings. The van der Waals surface area contributed by atoms with Gasteiger partial charge in [0.05, 0.1) is 0 Å². The second-order valence-corrected chi connectivity index (χ2v) is 2.77. The van der Waals surface area contributed by atoms with E-state index < -0.39 is 0 Å². The van der Waals surface area contributed by atoms with Gasteiger partial charge in [-0.3, -0.25) is 0 Å². The third-order valence-corrected chi connectivity index (χ3v) is 1.59. The fourth-order valence-electron chi connectivity index (χ4n) is 0.553. The van der Waals surface area contributed by atoms with Crippen molar-refractivity contribution in [3.05, 3.63) is 43.2 Å². The molecule has 0 nitrogen and oxygen atoms in total. The number of rotatable bonds is 5. The van der Waals surface area contributed by atoms with Gasteiger partial charge in [0.25, 0.3) is 0 Å². The smallest absolute Gasteiger partial charge is 0.0275 e. The summed E-state index contributed by atoms with van der Waals surface area (Å²) < 4.78 is 0. The highest BCUT2D eigenvalue weighted by atomic mass is 13.8. The van der Waals surface area contributed by atoms with Gasteiger partial charge < -0.3 is 0 Å². The fraction of sp³-hybridized carbons (Fsp3) is 0.462. The molecule has 0 aromatic carbocycles. The Morgan fingerprint density at radius 3 is 2.23 bits per heavy atom. The lowest BCUT2D eigenvalue weighted by atomic mass is 10.2. The summed E-state index contributed by atoms with van der Waals surface area (Å²) in [6, 6.07) is 0. The molecule has 0 bridgehead atoms. The van der Waals surface area contributed by atoms with Gasteiger partial charge >= 0.3 is 0 Å². The minimum Gasteiger partial charge on any atom is -0.133 e. The van der Waals surface area contributed by atoms with E-state index >= 15 is 0 Å². The van der Waals surface area contributed by atoms with E-state index in [0.29, 0.717) is 0 Å². The maximum absolute atomic E-state index is 3.67. The molecule has 0 amide bonds. The first-order valence-corrected chi connectivity index (χ1v) is 4.87. The largest absolute Gasteiger partial charge is 0.133 e. The van der Waals surface area contributed by atoms with Crippen LogP contribution in [0.1, 0.15) is 39.5 Å². The molecule has 0 aliphatic carbocycles. The van der Waals surface area contributed by atoms with Crippen LogP contribution in [0.3, 0.4) is 0 Å². The van der Waals surface area contributed by atoms with Crippen LogP contribution in [0.2, 0.25) is 0 Å². The van der Waals surface area contributed by atoms with Gasteiger partial charge in [-0.05, 0) is 25.3 Å². The molecule has 0 saturated heterocycles. The van der Waals surface area contributed by atoms with E-state index in [-0.39, 0.29) is 0 Å². The minimum absolute atomic E-state index is 1.02. The van der Waals surface area contributed by atoms with Gasteiger partial charge in [-0.25, -0.2) is 0 Å². The Hall–Kier alpha value is -1.00. The molecule has 0 aliphatic heterocycles. The number of hydrogen-bond acceptors (Lipinski definition) is 0. The maximum atomic E-state index is 3.67. The third-order valence-electron chi connectivity index (χ3n) is 1.59. The third kappa shape index (κ3) is 18.2. The lowest BCUT2D eigenvalue weighted by molar-refractivity contribution is 0.815. The van der Waals surface area contributed by atoms with Crippen molar-refractivity contribution in [3.8, 4) is 0 Å². The summed E-state index contributed by atoms with van der Waals surface area (Å²) in [5.74, 6) is 0. The zero-order valence-electron chi connectivity index (χ0n) is 9.10. The fourth-order valence-corrected chi connectivity index (χ4v) is 0.553. The van der Waals surface area contributed by atoms with Crippen LogP contribution in [0.4, 0.5) is 0 Å². The van der Waals surface area contributed by atoms with Crippen molar-refractivity contribution in [3.63, 3.8) is 0 Å². The quantitative estimate of drug-likeness (QED) is 0.326. The average molecular weight is 178 g/mol. The van der Waals surface area contributed by atoms with E-state index in [0.717, 1.165) is 18.4 Å². The van der Waals surface area contributed by atoms with Crippen molar-refractivity contribution in [2.24, 2.45) is 0 Å². The number of unbranched alkanes of at least 4 members (excludes halogenated alkanes) is 2. The molecule has 0 atom stereocenters. The Bertz CT molecular complexity index is 168. The highest BCUT2D eigenvalue weighted by Gasteiger charge is 1.73. The van der Waals surface area contributed by atoms with Gasteiger partial charge in [0.1, 0.15) is 0 Å². The molecule has 0 saturated carbocycles. The van der Waals surface area contributed by atoms with E-state index in [4.69, 9.17) is 0 Å². The van der Waals surface area contributed by atoms with Crippen molar-refractivity contribution >= 4 is 0 Å². The molecule has 0 N–H and O–H groups in total. The van der Waals surface area contributed by atoms with E-state index in [2.05, 4.69) is 39.3 Å². The van der Waals surface area contributed by atoms with Crippen LogP contribution in [0.15, 0.2) is 43.2 Å². The molecule has 0 fully saturated rings. The topological polar surface area (TPSA) is 0 Å². The van der Waals surface area contributed by atoms with Crippen LogP contribution in [0, 0.1) is 0 Å². The Kier molecular flexibility index (Phi) is 15.2. The van der Waals surface area contributed by atoms with Gasteiger partial charge in [-0.1, -0.05) is 51.7 Å². The Morgan fingerprint density at radius 1 is 1.38 bits per heavy atom. The van der Waals surface area contributed by atoms with E-state index in [1.54, 1.807) is 6.08 Å². The zero-order chi connectivity index (χ0) is 10.5. The summed E-state index contributed by atoms with van der Waals surface area (Å²) in [5, 5.41) is 0. The van der Waals surface area contributed by atoms with E-state index in [1.165, 1.54) is 12.8 Å². The molecule has 0 unspecified atom stereocenters. The molecule has 0 heteroatoms. The molecular weight excluding hydrogens is 156 g/mol. The second kappa shape index (κ2) is 13.6. The highest BCUT2D eigenvalue weighted by molar-refractivity contribution is 5.09. The molecule has 0 aromatic heterocycles. The molecule has 74 valence electrons. The van der Waals surface area contributed by atoms with Crippen molar-refractivity contribution in [2.45, 2.75) is 39.5 Å². The normalized spacial score (nSPS) is 7.54. The zero-order valence-corrected chi connectivity index (χ0v) is 9.10. The van der Waals surface area contributed by atoms with E-state index in [1.807, 2.05) is 6.08 Å². The predicted octanol–water partition coefficient (Wildman–Crippen LogP) is 4.66. The van der Waals surface area contributed by atoms with Gasteiger partial charge in [0.15, 0.2) is 0 Å². The SMILES string of the molecule is C=C=CCCCC.C=CC(=C)CC. The van der Waals surface area contributed by atoms with Gasteiger partial charge in [0, 0.05) is 0 Å². The average Bonchev–Trinajstić information content (AvgIpc) is 2.18. The van der Waals surface area contributed by atoms with Crippen LogP contribution < -0.4 is 0 Å². The molecule has 0 heterocycles. The lowest BCUT2D eigenvalue weighted by Crippen LogP contribution is -1.62. The van der Waals surface area contributed by atoms with Gasteiger partial charge in [-0.2, -0.15) is 0 Å². The lowest BCUT2D eigenvalue weighted by Gasteiger charge is -1.83. The van der Waals surface area contributed by atoms with Crippen LogP contribution >= 0.6 is 0 Å². The number of hydrogen-bond donors (Lipinski definition) is 0. The first-order chi connectivity index (χ1) is 6.22. The standard InChI is InChI=1S/C7H12.C6H10/c1-3-5-7-6-4-2;1-4-6(3)5-2/h5H,1,4,6-7H2,2H3;4H,1,3,5H2,2H3. The summed E-state index contributed by atoms with van der Waals surface area (Å²) in [7, 11) is 0. The maximum Gasteiger partial charge on any atom is -0.0275 e. The monoisotopic (exact) mass is 178 g/mol. The summed E-state index contributed by atoms with van der Waals surface area (Å²) in [4.78, 5) is 0. The Balaban J connectivity index is 0. The molecule has 0 rings (SSSR count). The van der Waals surface area contributed by atoms with Crippen molar-refractivity contribution in [1.29, 1.82) is 0 Å². The molecule has 0 spiro atoms. The first kappa shape index (κ1) is 14.5. The molecular formula is C13H22. The number of allylic oxidation sites excluding steroid dienone is 3. The summed E-state index contributed by atoms with van der Waals surface area (Å²) in [5.41, 5.74) is 3.83. The highest BCUT2D eigenvalue weighted by Crippen LogP contribution is 1.93. The Labute approximate surface area is 83.4 Å². The predicted molar refractivity (Wildman–Crippen MR) is 62.9 cm³/mol. The van der Waals surface area contributed by atoms with Gasteiger partial charge in [0.2, 0.25) is 0 Å². The van der Waals surface area contributed by atoms with Crippen LogP contribution in [0.5, 0.6) is 0 Å². The Morgan fingerprint density at radius 2 is 2.00 bits per heavy atom. The molecule has 13 heavy (non-hydrogen) atoms. The molecule has 0 aliphatic rings. The van der Waals surface area contributed by atoms with Gasteiger partial charge in [-0.15, -0.1) is 5.73 Å². The minimum atomic E-state index is 1.02. The van der Waals surface area contributed by atoms with Crippen LogP contribution in [-0.4, -0.2) is 0 Å².